The molecule has 0 N–H and O–H groups in total. The van der Waals surface area contributed by atoms with Crippen molar-refractivity contribution < 1.29 is 13.7 Å². The first-order valence-corrected chi connectivity index (χ1v) is 35.7. The van der Waals surface area contributed by atoms with Gasteiger partial charge >= 0.3 is 0 Å². The topological polar surface area (TPSA) is 50.3 Å². The number of benzene rings is 6. The van der Waals surface area contributed by atoms with Gasteiger partial charge in [0.1, 0.15) is 21.1 Å². The standard InChI is InChI=1S/C31H31N2.2C30H29N2/c1-20-7-10-23(11-8-20)24-13-16-33(4)29(18-24)26-19-27-25-12-9-22(3)32-30(25)31(14-5-6-15-31)28(27)17-21(26)2;1-20-17-27-26(24-13-11-21(2)31-29(24)30(27)15-7-8-16-30)18-25(20)28-14-12-23(19-32(28)3)22-9-5-4-6-10-22;1-20-17-27-26(24-12-11-21(2)31-29(24)30(27)14-7-8-15-30)19-25(20)28-18-23(13-16-32(28)3)22-9-5-4-6-10-22/h7-13,16-19H,5-6,14-15H2,1-4H3;4-6,9-14,17-19H,7-8,15-16H2,1-3H3;4-6,9-13,16-19H,7-8,14-15H2,1-3H3/q3*+1. The van der Waals surface area contributed by atoms with E-state index in [9.17, 15) is 0 Å². The van der Waals surface area contributed by atoms with Gasteiger partial charge in [-0.1, -0.05) is 165 Å². The van der Waals surface area contributed by atoms with Gasteiger partial charge in [0.15, 0.2) is 18.6 Å². The Morgan fingerprint density at radius 2 is 0.619 bits per heavy atom. The predicted molar refractivity (Wildman–Crippen MR) is 396 cm³/mol. The summed E-state index contributed by atoms with van der Waals surface area (Å²) in [5.41, 5.74) is 41.0. The van der Waals surface area contributed by atoms with Crippen molar-refractivity contribution in [1.29, 1.82) is 0 Å². The SMILES string of the molecule is Cc1ccc(-c2cc[n+](C)c(-c3cc4c(cc3C)C3(CCCC3)c3nc(C)ccc3-4)c2)cc1.Cc1ccc2c(n1)C1(CCCC1)c1cc(C)c(-c3cc(-c4ccccc4)cc[n+]3C)cc1-2.Cc1ccc2c(n1)C1(CCCC1)c1cc(C)c(-c3ccc(-c4ccccc4)c[n+]3C)cc1-2. The van der Waals surface area contributed by atoms with Gasteiger partial charge in [-0.2, -0.15) is 0 Å². The third kappa shape index (κ3) is 10.5. The molecule has 6 aliphatic carbocycles. The van der Waals surface area contributed by atoms with Crippen molar-refractivity contribution in [3.63, 3.8) is 0 Å². The van der Waals surface area contributed by atoms with Crippen LogP contribution in [0.15, 0.2) is 213 Å². The number of hydrogen-bond donors (Lipinski definition) is 0. The van der Waals surface area contributed by atoms with Crippen LogP contribution < -0.4 is 13.7 Å². The van der Waals surface area contributed by atoms with Crippen LogP contribution in [0.25, 0.3) is 101 Å². The van der Waals surface area contributed by atoms with Crippen LogP contribution in [0.1, 0.15) is 150 Å². The first-order chi connectivity index (χ1) is 47.1. The van der Waals surface area contributed by atoms with Crippen LogP contribution >= 0.6 is 0 Å². The van der Waals surface area contributed by atoms with E-state index in [4.69, 9.17) is 15.0 Å². The van der Waals surface area contributed by atoms with E-state index in [2.05, 4.69) is 296 Å². The summed E-state index contributed by atoms with van der Waals surface area (Å²) < 4.78 is 6.77. The Labute approximate surface area is 574 Å². The van der Waals surface area contributed by atoms with E-state index in [0.29, 0.717) is 0 Å². The molecule has 0 saturated heterocycles. The zero-order valence-electron chi connectivity index (χ0n) is 58.4. The second-order valence-electron chi connectivity index (χ2n) is 29.4. The Kier molecular flexibility index (Phi) is 15.6. The molecule has 3 spiro atoms. The second kappa shape index (κ2) is 24.4. The molecule has 480 valence electrons. The number of fused-ring (bicyclic) bond motifs is 15. The van der Waals surface area contributed by atoms with Gasteiger partial charge in [0.05, 0.1) is 17.1 Å². The summed E-state index contributed by atoms with van der Waals surface area (Å²) in [5.74, 6) is 0. The van der Waals surface area contributed by atoms with E-state index in [1.54, 1.807) is 0 Å². The highest BCUT2D eigenvalue weighted by molar-refractivity contribution is 5.88. The summed E-state index contributed by atoms with van der Waals surface area (Å²) in [4.78, 5) is 15.3. The number of aromatic nitrogens is 6. The molecule has 0 amide bonds. The average molecular weight is 1270 g/mol. The van der Waals surface area contributed by atoms with Gasteiger partial charge in [-0.3, -0.25) is 15.0 Å². The summed E-state index contributed by atoms with van der Waals surface area (Å²) in [6.45, 7) is 15.3. The van der Waals surface area contributed by atoms with E-state index >= 15 is 0 Å². The molecule has 3 fully saturated rings. The Bertz CT molecular complexity index is 5100. The van der Waals surface area contributed by atoms with Gasteiger partial charge in [0.25, 0.3) is 0 Å². The number of pyridine rings is 6. The molecule has 6 nitrogen and oxygen atoms in total. The minimum absolute atomic E-state index is 0.117. The molecule has 6 aliphatic rings. The average Bonchev–Trinajstić information content (AvgIpc) is 1.57. The number of aryl methyl sites for hydroxylation is 10. The Hall–Kier alpha value is -9.78. The van der Waals surface area contributed by atoms with Gasteiger partial charge < -0.3 is 0 Å². The Morgan fingerprint density at radius 1 is 0.278 bits per heavy atom. The molecular weight excluding hydrogens is 1180 g/mol. The van der Waals surface area contributed by atoms with Crippen LogP contribution in [-0.2, 0) is 37.4 Å². The lowest BCUT2D eigenvalue weighted by molar-refractivity contribution is -0.660. The lowest BCUT2D eigenvalue weighted by Crippen LogP contribution is -2.31. The number of rotatable bonds is 6. The van der Waals surface area contributed by atoms with Gasteiger partial charge in [-0.05, 0) is 207 Å². The van der Waals surface area contributed by atoms with Crippen molar-refractivity contribution in [2.75, 3.05) is 0 Å². The van der Waals surface area contributed by atoms with Crippen LogP contribution in [0.3, 0.4) is 0 Å². The molecule has 12 aromatic rings. The molecule has 0 aliphatic heterocycles. The van der Waals surface area contributed by atoms with Crippen molar-refractivity contribution >= 4 is 0 Å². The van der Waals surface area contributed by atoms with Crippen molar-refractivity contribution in [1.82, 2.24) is 15.0 Å². The summed E-state index contributed by atoms with van der Waals surface area (Å²) in [6, 6.07) is 71.9. The number of nitrogens with zero attached hydrogens (tertiary/aromatic N) is 6. The maximum atomic E-state index is 5.11. The number of hydrogen-bond acceptors (Lipinski definition) is 3. The fourth-order valence-electron chi connectivity index (χ4n) is 18.2. The maximum absolute atomic E-state index is 5.11. The first kappa shape index (κ1) is 62.1. The normalized spacial score (nSPS) is 15.7. The van der Waals surface area contributed by atoms with Crippen molar-refractivity contribution in [2.24, 2.45) is 21.1 Å². The summed E-state index contributed by atoms with van der Waals surface area (Å²) in [7, 11) is 6.46. The summed E-state index contributed by atoms with van der Waals surface area (Å²) in [5, 5.41) is 0. The molecule has 18 rings (SSSR count). The van der Waals surface area contributed by atoms with Gasteiger partial charge in [-0.25, -0.2) is 13.7 Å². The summed E-state index contributed by atoms with van der Waals surface area (Å²) >= 11 is 0. The smallest absolute Gasteiger partial charge is 0.213 e. The molecule has 0 unspecified atom stereocenters. The van der Waals surface area contributed by atoms with Crippen molar-refractivity contribution in [2.45, 2.75) is 142 Å². The van der Waals surface area contributed by atoms with Crippen LogP contribution in [0.4, 0.5) is 0 Å². The first-order valence-electron chi connectivity index (χ1n) is 35.7. The molecular formula is C91H89N6+3. The minimum Gasteiger partial charge on any atom is -0.257 e. The molecule has 0 atom stereocenters. The highest BCUT2D eigenvalue weighted by atomic mass is 14.9. The molecule has 97 heavy (non-hydrogen) atoms. The third-order valence-corrected chi connectivity index (χ3v) is 23.2. The Balaban J connectivity index is 0.000000114. The van der Waals surface area contributed by atoms with Crippen molar-refractivity contribution in [3.05, 3.63) is 286 Å². The van der Waals surface area contributed by atoms with Gasteiger partial charge in [0.2, 0.25) is 17.1 Å². The molecule has 6 aromatic heterocycles. The fraction of sp³-hybridized carbons (Fsp3) is 0.275. The molecule has 6 aromatic carbocycles. The quantitative estimate of drug-likeness (QED) is 0.156. The predicted octanol–water partition coefficient (Wildman–Crippen LogP) is 20.4. The minimum atomic E-state index is 0.117. The monoisotopic (exact) mass is 1270 g/mol. The van der Waals surface area contributed by atoms with E-state index in [0.717, 1.165) is 17.1 Å². The van der Waals surface area contributed by atoms with E-state index in [1.807, 2.05) is 0 Å². The van der Waals surface area contributed by atoms with E-state index in [1.165, 1.54) is 234 Å². The highest BCUT2D eigenvalue weighted by Crippen LogP contribution is 2.60. The second-order valence-corrected chi connectivity index (χ2v) is 29.4. The molecule has 3 saturated carbocycles. The van der Waals surface area contributed by atoms with Crippen LogP contribution in [0, 0.1) is 48.5 Å². The van der Waals surface area contributed by atoms with Crippen LogP contribution in [0.2, 0.25) is 0 Å². The van der Waals surface area contributed by atoms with E-state index in [-0.39, 0.29) is 16.2 Å². The molecule has 0 radical (unpaired) electrons. The molecule has 6 heteroatoms. The zero-order valence-corrected chi connectivity index (χ0v) is 58.4. The van der Waals surface area contributed by atoms with E-state index < -0.39 is 0 Å². The molecule has 6 heterocycles. The Morgan fingerprint density at radius 3 is 0.990 bits per heavy atom. The molecule has 0 bridgehead atoms. The third-order valence-electron chi connectivity index (χ3n) is 23.2. The van der Waals surface area contributed by atoms with Crippen molar-refractivity contribution in [3.8, 4) is 101 Å². The maximum Gasteiger partial charge on any atom is 0.213 e. The zero-order chi connectivity index (χ0) is 66.5. The van der Waals surface area contributed by atoms with Gasteiger partial charge in [0, 0.05) is 103 Å². The van der Waals surface area contributed by atoms with Crippen LogP contribution in [0.5, 0.6) is 0 Å². The largest absolute Gasteiger partial charge is 0.257 e. The lowest BCUT2D eigenvalue weighted by Gasteiger charge is -2.26. The highest BCUT2D eigenvalue weighted by Gasteiger charge is 2.50. The fourth-order valence-corrected chi connectivity index (χ4v) is 18.2. The van der Waals surface area contributed by atoms with Gasteiger partial charge in [-0.15, -0.1) is 0 Å². The lowest BCUT2D eigenvalue weighted by atomic mass is 9.78. The van der Waals surface area contributed by atoms with Crippen LogP contribution in [-0.4, -0.2) is 15.0 Å². The summed E-state index contributed by atoms with van der Waals surface area (Å²) in [6.07, 6.45) is 21.7.